The third kappa shape index (κ3) is 5.74. The lowest BCUT2D eigenvalue weighted by atomic mass is 9.85. The van der Waals surface area contributed by atoms with Crippen molar-refractivity contribution in [3.8, 4) is 5.88 Å². The topological polar surface area (TPSA) is 127 Å². The highest BCUT2D eigenvalue weighted by atomic mass is 32.2. The van der Waals surface area contributed by atoms with E-state index in [4.69, 9.17) is 9.47 Å². The SMILES string of the molecule is CCOc1ccc2cc(S(=O)(=O)N[C@H]3CC[C@H](C(=O)N4CCNC[C@@H]4C(=O)OC)CC3)ccc2n1. The van der Waals surface area contributed by atoms with Gasteiger partial charge in [-0.2, -0.15) is 0 Å². The van der Waals surface area contributed by atoms with Crippen LogP contribution in [0.25, 0.3) is 10.9 Å². The number of amides is 1. The van der Waals surface area contributed by atoms with Crippen LogP contribution in [-0.2, 0) is 24.3 Å². The van der Waals surface area contributed by atoms with Gasteiger partial charge in [0.15, 0.2) is 0 Å². The Morgan fingerprint density at radius 1 is 1.17 bits per heavy atom. The molecule has 190 valence electrons. The van der Waals surface area contributed by atoms with Gasteiger partial charge in [0, 0.05) is 43.0 Å². The number of fused-ring (bicyclic) bond motifs is 1. The van der Waals surface area contributed by atoms with E-state index in [2.05, 4.69) is 15.0 Å². The van der Waals surface area contributed by atoms with Gasteiger partial charge in [-0.1, -0.05) is 0 Å². The fraction of sp³-hybridized carbons (Fsp3) is 0.542. The molecule has 35 heavy (non-hydrogen) atoms. The van der Waals surface area contributed by atoms with Crippen LogP contribution >= 0.6 is 0 Å². The Bertz CT molecular complexity index is 1180. The molecular formula is C24H32N4O6S. The molecule has 2 aliphatic rings. The number of esters is 1. The second kappa shape index (κ2) is 10.9. The van der Waals surface area contributed by atoms with E-state index in [1.54, 1.807) is 35.2 Å². The molecule has 1 aliphatic heterocycles. The largest absolute Gasteiger partial charge is 0.478 e. The molecule has 2 fully saturated rings. The maximum atomic E-state index is 13.1. The number of aromatic nitrogens is 1. The number of carbonyl (C=O) groups is 2. The van der Waals surface area contributed by atoms with Crippen LogP contribution in [0.3, 0.4) is 0 Å². The second-order valence-electron chi connectivity index (χ2n) is 8.88. The number of benzene rings is 1. The molecule has 2 aromatic rings. The van der Waals surface area contributed by atoms with Crippen LogP contribution in [-0.4, -0.2) is 75.6 Å². The standard InChI is InChI=1S/C24H32N4O6S/c1-3-34-22-11-6-17-14-19(9-10-20(17)26-22)35(31,32)27-18-7-4-16(5-8-18)23(29)28-13-12-25-15-21(28)24(30)33-2/h6,9-11,14,16,18,21,25,27H,3-5,7-8,12-13,15H2,1-2H3/t16-,18-,21-/m1/s1. The van der Waals surface area contributed by atoms with Crippen molar-refractivity contribution < 1.29 is 27.5 Å². The van der Waals surface area contributed by atoms with E-state index in [1.807, 2.05) is 6.92 Å². The molecule has 4 rings (SSSR count). The van der Waals surface area contributed by atoms with Gasteiger partial charge in [-0.15, -0.1) is 0 Å². The fourth-order valence-electron chi connectivity index (χ4n) is 4.78. The van der Waals surface area contributed by atoms with Crippen LogP contribution in [0.1, 0.15) is 32.6 Å². The average Bonchev–Trinajstić information content (AvgIpc) is 2.88. The van der Waals surface area contributed by atoms with Crippen molar-refractivity contribution in [2.75, 3.05) is 33.4 Å². The molecule has 1 aromatic heterocycles. The van der Waals surface area contributed by atoms with Gasteiger partial charge >= 0.3 is 5.97 Å². The van der Waals surface area contributed by atoms with Crippen LogP contribution in [0.5, 0.6) is 5.88 Å². The first-order chi connectivity index (χ1) is 16.8. The molecular weight excluding hydrogens is 472 g/mol. The Kier molecular flexibility index (Phi) is 7.88. The molecule has 0 radical (unpaired) electrons. The summed E-state index contributed by atoms with van der Waals surface area (Å²) in [6, 6.07) is 7.46. The molecule has 10 nitrogen and oxygen atoms in total. The van der Waals surface area contributed by atoms with Gasteiger partial charge in [0.05, 0.1) is 24.1 Å². The number of nitrogens with zero attached hydrogens (tertiary/aromatic N) is 2. The molecule has 1 aromatic carbocycles. The van der Waals surface area contributed by atoms with E-state index in [0.717, 1.165) is 0 Å². The van der Waals surface area contributed by atoms with E-state index in [-0.39, 0.29) is 22.8 Å². The fourth-order valence-corrected chi connectivity index (χ4v) is 6.12. The first kappa shape index (κ1) is 25.3. The van der Waals surface area contributed by atoms with E-state index >= 15 is 0 Å². The minimum Gasteiger partial charge on any atom is -0.478 e. The molecule has 2 heterocycles. The number of carbonyl (C=O) groups excluding carboxylic acids is 2. The van der Waals surface area contributed by atoms with Crippen molar-refractivity contribution in [2.24, 2.45) is 5.92 Å². The Morgan fingerprint density at radius 2 is 1.94 bits per heavy atom. The van der Waals surface area contributed by atoms with Gasteiger partial charge < -0.3 is 19.7 Å². The Morgan fingerprint density at radius 3 is 2.66 bits per heavy atom. The summed E-state index contributed by atoms with van der Waals surface area (Å²) in [5, 5.41) is 3.83. The van der Waals surface area contributed by atoms with Crippen molar-refractivity contribution in [1.82, 2.24) is 19.9 Å². The third-order valence-corrected chi connectivity index (χ3v) is 8.15. The minimum atomic E-state index is -3.73. The number of hydrogen-bond acceptors (Lipinski definition) is 8. The van der Waals surface area contributed by atoms with Gasteiger partial charge in [0.1, 0.15) is 6.04 Å². The lowest BCUT2D eigenvalue weighted by molar-refractivity contribution is -0.156. The molecule has 1 saturated heterocycles. The summed E-state index contributed by atoms with van der Waals surface area (Å²) >= 11 is 0. The molecule has 0 spiro atoms. The average molecular weight is 505 g/mol. The number of methoxy groups -OCH3 is 1. The van der Waals surface area contributed by atoms with Crippen LogP contribution < -0.4 is 14.8 Å². The van der Waals surface area contributed by atoms with Crippen molar-refractivity contribution in [2.45, 2.75) is 49.6 Å². The quantitative estimate of drug-likeness (QED) is 0.543. The smallest absolute Gasteiger partial charge is 0.329 e. The molecule has 0 bridgehead atoms. The Labute approximate surface area is 205 Å². The molecule has 0 unspecified atom stereocenters. The van der Waals surface area contributed by atoms with Gasteiger partial charge in [0.2, 0.25) is 21.8 Å². The molecule has 11 heteroatoms. The number of piperazine rings is 1. The van der Waals surface area contributed by atoms with Crippen LogP contribution in [0.4, 0.5) is 0 Å². The second-order valence-corrected chi connectivity index (χ2v) is 10.6. The highest BCUT2D eigenvalue weighted by molar-refractivity contribution is 7.89. The number of rotatable bonds is 7. The lowest BCUT2D eigenvalue weighted by Gasteiger charge is -2.38. The highest BCUT2D eigenvalue weighted by Crippen LogP contribution is 2.29. The minimum absolute atomic E-state index is 0.0586. The number of hydrogen-bond donors (Lipinski definition) is 2. The van der Waals surface area contributed by atoms with E-state index < -0.39 is 22.0 Å². The van der Waals surface area contributed by atoms with E-state index in [9.17, 15) is 18.0 Å². The monoisotopic (exact) mass is 504 g/mol. The van der Waals surface area contributed by atoms with E-state index in [1.165, 1.54) is 7.11 Å². The summed E-state index contributed by atoms with van der Waals surface area (Å²) in [5.74, 6) is -0.214. The van der Waals surface area contributed by atoms with Crippen LogP contribution in [0.15, 0.2) is 35.2 Å². The number of sulfonamides is 1. The maximum Gasteiger partial charge on any atom is 0.329 e. The molecule has 2 N–H and O–H groups in total. The van der Waals surface area contributed by atoms with Crippen molar-refractivity contribution in [3.05, 3.63) is 30.3 Å². The third-order valence-electron chi connectivity index (χ3n) is 6.64. The summed E-state index contributed by atoms with van der Waals surface area (Å²) in [5.41, 5.74) is 0.659. The van der Waals surface area contributed by atoms with Gasteiger partial charge in [0.25, 0.3) is 0 Å². The van der Waals surface area contributed by atoms with E-state index in [0.29, 0.717) is 68.7 Å². The normalized spacial score (nSPS) is 23.1. The predicted molar refractivity (Wildman–Crippen MR) is 129 cm³/mol. The summed E-state index contributed by atoms with van der Waals surface area (Å²) in [6.45, 7) is 3.84. The summed E-state index contributed by atoms with van der Waals surface area (Å²) < 4.78 is 39.1. The number of ether oxygens (including phenoxy) is 2. The Balaban J connectivity index is 1.37. The summed E-state index contributed by atoms with van der Waals surface area (Å²) in [7, 11) is -2.41. The van der Waals surface area contributed by atoms with Crippen LogP contribution in [0.2, 0.25) is 0 Å². The zero-order chi connectivity index (χ0) is 25.0. The van der Waals surface area contributed by atoms with Crippen LogP contribution in [0, 0.1) is 5.92 Å². The molecule has 1 saturated carbocycles. The number of pyridine rings is 1. The maximum absolute atomic E-state index is 13.1. The zero-order valence-electron chi connectivity index (χ0n) is 20.0. The highest BCUT2D eigenvalue weighted by Gasteiger charge is 2.38. The van der Waals surface area contributed by atoms with Gasteiger partial charge in [-0.3, -0.25) is 4.79 Å². The van der Waals surface area contributed by atoms with Crippen molar-refractivity contribution in [1.29, 1.82) is 0 Å². The van der Waals surface area contributed by atoms with Gasteiger partial charge in [-0.05, 0) is 56.9 Å². The molecule has 1 atom stereocenters. The van der Waals surface area contributed by atoms with Crippen molar-refractivity contribution in [3.63, 3.8) is 0 Å². The molecule has 1 amide bonds. The molecule has 1 aliphatic carbocycles. The zero-order valence-corrected chi connectivity index (χ0v) is 20.8. The Hall–Kier alpha value is -2.76. The summed E-state index contributed by atoms with van der Waals surface area (Å²) in [4.78, 5) is 31.4. The van der Waals surface area contributed by atoms with Gasteiger partial charge in [-0.25, -0.2) is 22.9 Å². The first-order valence-corrected chi connectivity index (χ1v) is 13.5. The van der Waals surface area contributed by atoms with Crippen molar-refractivity contribution >= 4 is 32.8 Å². The number of nitrogens with one attached hydrogen (secondary N) is 2. The lowest BCUT2D eigenvalue weighted by Crippen LogP contribution is -2.58. The first-order valence-electron chi connectivity index (χ1n) is 12.0. The summed E-state index contributed by atoms with van der Waals surface area (Å²) in [6.07, 6.45) is 2.23. The predicted octanol–water partition coefficient (Wildman–Crippen LogP) is 1.44.